The maximum Gasteiger partial charge on any atom is 0.574 e. The number of nitrogens with two attached hydrogens (primary N) is 1. The average molecular weight is 322 g/mol. The second-order valence-electron chi connectivity index (χ2n) is 2.95. The van der Waals surface area contributed by atoms with Crippen LogP contribution < -0.4 is 10.5 Å². The van der Waals surface area contributed by atoms with Gasteiger partial charge in [-0.15, -0.1) is 13.2 Å². The van der Waals surface area contributed by atoms with Crippen LogP contribution in [0.2, 0.25) is 0 Å². The quantitative estimate of drug-likeness (QED) is 0.506. The lowest BCUT2D eigenvalue weighted by molar-refractivity contribution is -0.387. The zero-order valence-electron chi connectivity index (χ0n) is 8.51. The summed E-state index contributed by atoms with van der Waals surface area (Å²) in [7, 11) is 0.0489. The first kappa shape index (κ1) is 15.2. The number of pyridine rings is 1. The first-order valence-corrected chi connectivity index (χ1v) is 6.38. The van der Waals surface area contributed by atoms with Crippen molar-refractivity contribution in [2.45, 2.75) is 11.4 Å². The van der Waals surface area contributed by atoms with Crippen molar-refractivity contribution in [1.82, 2.24) is 4.98 Å². The second-order valence-corrected chi connectivity index (χ2v) is 5.43. The largest absolute Gasteiger partial charge is 0.574 e. The van der Waals surface area contributed by atoms with E-state index in [0.717, 1.165) is 0 Å². The van der Waals surface area contributed by atoms with E-state index in [0.29, 0.717) is 6.07 Å². The summed E-state index contributed by atoms with van der Waals surface area (Å²) in [5.41, 5.74) is 2.96. The molecule has 0 bridgehead atoms. The Morgan fingerprint density at radius 3 is 2.37 bits per heavy atom. The number of hydrogen-bond acceptors (Lipinski definition) is 7. The molecule has 0 aliphatic heterocycles. The van der Waals surface area contributed by atoms with Crippen LogP contribution in [0.5, 0.6) is 5.88 Å². The van der Waals surface area contributed by atoms with Crippen LogP contribution in [-0.2, 0) is 9.05 Å². The van der Waals surface area contributed by atoms with Crippen molar-refractivity contribution < 1.29 is 31.2 Å². The maximum absolute atomic E-state index is 11.9. The molecule has 19 heavy (non-hydrogen) atoms. The number of aromatic nitrogens is 1. The third-order valence-corrected chi connectivity index (χ3v) is 2.79. The monoisotopic (exact) mass is 321 g/mol. The molecule has 0 aromatic carbocycles. The van der Waals surface area contributed by atoms with E-state index in [-0.39, 0.29) is 0 Å². The number of nitrogen functional groups attached to an aromatic ring is 1. The molecule has 0 atom stereocenters. The minimum atomic E-state index is -5.18. The molecule has 8 nitrogen and oxygen atoms in total. The molecule has 1 aromatic heterocycles. The topological polar surface area (TPSA) is 125 Å². The van der Waals surface area contributed by atoms with Crippen LogP contribution in [-0.4, -0.2) is 24.7 Å². The first-order chi connectivity index (χ1) is 8.42. The Hall–Kier alpha value is -1.82. The maximum atomic E-state index is 11.9. The van der Waals surface area contributed by atoms with Gasteiger partial charge in [0.25, 0.3) is 14.1 Å². The van der Waals surface area contributed by atoms with Gasteiger partial charge in [-0.25, -0.2) is 8.42 Å². The van der Waals surface area contributed by atoms with Gasteiger partial charge in [-0.1, -0.05) is 0 Å². The summed E-state index contributed by atoms with van der Waals surface area (Å²) in [6, 6.07) is 0.358. The predicted molar refractivity (Wildman–Crippen MR) is 55.0 cm³/mol. The van der Waals surface area contributed by atoms with Crippen LogP contribution >= 0.6 is 10.7 Å². The molecule has 1 aromatic rings. The lowest BCUT2D eigenvalue weighted by Crippen LogP contribution is -2.19. The van der Waals surface area contributed by atoms with Gasteiger partial charge in [0.05, 0.1) is 4.92 Å². The molecule has 0 saturated heterocycles. The normalized spacial score (nSPS) is 12.2. The fourth-order valence-electron chi connectivity index (χ4n) is 1.03. The molecule has 0 spiro atoms. The molecule has 13 heteroatoms. The van der Waals surface area contributed by atoms with E-state index in [1.807, 2.05) is 0 Å². The Labute approximate surface area is 107 Å². The van der Waals surface area contributed by atoms with E-state index in [4.69, 9.17) is 16.4 Å². The number of nitrogens with zero attached hydrogens (tertiary/aromatic N) is 2. The minimum absolute atomic E-state index is 0.358. The number of alkyl halides is 3. The molecular formula is C6H3ClF3N3O5S. The lowest BCUT2D eigenvalue weighted by Gasteiger charge is -2.09. The van der Waals surface area contributed by atoms with Crippen LogP contribution in [0.25, 0.3) is 0 Å². The van der Waals surface area contributed by atoms with Crippen molar-refractivity contribution in [3.63, 3.8) is 0 Å². The standard InChI is InChI=1S/C6H3ClF3N3O5S/c7-19(16,17)5-4(13(14)15)2(11)1-3(12-5)18-6(8,9)10/h1H,(H2,11,12). The van der Waals surface area contributed by atoms with Gasteiger partial charge in [-0.3, -0.25) is 10.1 Å². The molecule has 1 heterocycles. The van der Waals surface area contributed by atoms with Crippen molar-refractivity contribution in [3.8, 4) is 5.88 Å². The van der Waals surface area contributed by atoms with Gasteiger partial charge >= 0.3 is 12.0 Å². The van der Waals surface area contributed by atoms with E-state index in [2.05, 4.69) is 9.72 Å². The smallest absolute Gasteiger partial charge is 0.393 e. The summed E-state index contributed by atoms with van der Waals surface area (Å²) in [5.74, 6) is -1.28. The highest BCUT2D eigenvalue weighted by molar-refractivity contribution is 8.13. The van der Waals surface area contributed by atoms with Gasteiger partial charge in [0.15, 0.2) is 0 Å². The van der Waals surface area contributed by atoms with E-state index in [1.54, 1.807) is 0 Å². The third-order valence-electron chi connectivity index (χ3n) is 1.60. The van der Waals surface area contributed by atoms with Crippen molar-refractivity contribution in [2.75, 3.05) is 5.73 Å². The second kappa shape index (κ2) is 4.70. The summed E-state index contributed by atoms with van der Waals surface area (Å²) in [6.07, 6.45) is -5.18. The minimum Gasteiger partial charge on any atom is -0.393 e. The van der Waals surface area contributed by atoms with Gasteiger partial charge in [0.1, 0.15) is 5.69 Å². The highest BCUT2D eigenvalue weighted by Gasteiger charge is 2.35. The van der Waals surface area contributed by atoms with E-state index < -0.39 is 42.6 Å². The van der Waals surface area contributed by atoms with Gasteiger partial charge in [0, 0.05) is 16.7 Å². The number of halogens is 4. The molecule has 1 rings (SSSR count). The van der Waals surface area contributed by atoms with Crippen molar-refractivity contribution in [1.29, 1.82) is 0 Å². The first-order valence-electron chi connectivity index (χ1n) is 4.07. The number of rotatable bonds is 3. The zero-order valence-corrected chi connectivity index (χ0v) is 10.1. The molecule has 0 amide bonds. The molecule has 0 fully saturated rings. The average Bonchev–Trinajstić information content (AvgIpc) is 2.11. The van der Waals surface area contributed by atoms with Crippen LogP contribution in [0.4, 0.5) is 24.5 Å². The number of nitro groups is 1. The molecule has 2 N–H and O–H groups in total. The summed E-state index contributed by atoms with van der Waals surface area (Å²) >= 11 is 0. The highest BCUT2D eigenvalue weighted by Crippen LogP contribution is 2.34. The Balaban J connectivity index is 3.53. The van der Waals surface area contributed by atoms with Gasteiger partial charge in [0.2, 0.25) is 5.88 Å². The molecule has 106 valence electrons. The Morgan fingerprint density at radius 2 is 2.00 bits per heavy atom. The van der Waals surface area contributed by atoms with Gasteiger partial charge < -0.3 is 10.5 Å². The van der Waals surface area contributed by atoms with Gasteiger partial charge in [-0.05, 0) is 0 Å². The number of anilines is 1. The lowest BCUT2D eigenvalue weighted by atomic mass is 10.3. The predicted octanol–water partition coefficient (Wildman–Crippen LogP) is 1.40. The summed E-state index contributed by atoms with van der Waals surface area (Å²) in [6.45, 7) is 0. The molecule has 0 aliphatic carbocycles. The molecule has 0 unspecified atom stereocenters. The SMILES string of the molecule is Nc1cc(OC(F)(F)F)nc(S(=O)(=O)Cl)c1[N+](=O)[O-]. The van der Waals surface area contributed by atoms with Crippen LogP contribution in [0.1, 0.15) is 0 Å². The summed E-state index contributed by atoms with van der Waals surface area (Å²) in [5, 5.41) is 9.15. The molecule has 0 saturated carbocycles. The Morgan fingerprint density at radius 1 is 1.47 bits per heavy atom. The summed E-state index contributed by atoms with van der Waals surface area (Å²) < 4.78 is 61.2. The van der Waals surface area contributed by atoms with Crippen LogP contribution in [0.3, 0.4) is 0 Å². The van der Waals surface area contributed by atoms with Crippen LogP contribution in [0, 0.1) is 10.1 Å². The van der Waals surface area contributed by atoms with E-state index in [9.17, 15) is 31.7 Å². The fraction of sp³-hybridized carbons (Fsp3) is 0.167. The zero-order chi connectivity index (χ0) is 15.0. The Bertz CT molecular complexity index is 632. The van der Waals surface area contributed by atoms with Crippen molar-refractivity contribution in [2.24, 2.45) is 0 Å². The van der Waals surface area contributed by atoms with Crippen molar-refractivity contribution in [3.05, 3.63) is 16.2 Å². The van der Waals surface area contributed by atoms with Gasteiger partial charge in [-0.2, -0.15) is 4.98 Å². The van der Waals surface area contributed by atoms with Crippen LogP contribution in [0.15, 0.2) is 11.1 Å². The summed E-state index contributed by atoms with van der Waals surface area (Å²) in [4.78, 5) is 12.2. The Kier molecular flexibility index (Phi) is 3.77. The number of hydrogen-bond donors (Lipinski definition) is 1. The third kappa shape index (κ3) is 3.82. The van der Waals surface area contributed by atoms with Crippen molar-refractivity contribution >= 4 is 31.1 Å². The van der Waals surface area contributed by atoms with E-state index >= 15 is 0 Å². The fourth-order valence-corrected chi connectivity index (χ4v) is 1.98. The number of ether oxygens (including phenoxy) is 1. The molecule has 0 radical (unpaired) electrons. The molecular weight excluding hydrogens is 319 g/mol. The highest BCUT2D eigenvalue weighted by atomic mass is 35.7. The molecule has 0 aliphatic rings. The van der Waals surface area contributed by atoms with E-state index in [1.165, 1.54) is 0 Å².